The molecule has 1 aromatic heterocycles. The lowest BCUT2D eigenvalue weighted by atomic mass is 10.2. The van der Waals surface area contributed by atoms with E-state index in [2.05, 4.69) is 4.98 Å². The molecule has 0 aliphatic carbocycles. The number of amides is 1. The summed E-state index contributed by atoms with van der Waals surface area (Å²) in [6, 6.07) is 11.9. The molecule has 3 aromatic rings. The molecule has 154 valence electrons. The lowest BCUT2D eigenvalue weighted by Gasteiger charge is -2.21. The van der Waals surface area contributed by atoms with Gasteiger partial charge in [-0.3, -0.25) is 9.69 Å². The van der Waals surface area contributed by atoms with E-state index in [9.17, 15) is 13.2 Å². The predicted octanol–water partition coefficient (Wildman–Crippen LogP) is 4.65. The molecule has 0 saturated carbocycles. The van der Waals surface area contributed by atoms with E-state index in [1.54, 1.807) is 13.8 Å². The Labute approximate surface area is 179 Å². The van der Waals surface area contributed by atoms with Crippen LogP contribution in [0.5, 0.6) is 0 Å². The fourth-order valence-corrected chi connectivity index (χ4v) is 5.74. The summed E-state index contributed by atoms with van der Waals surface area (Å²) in [5.41, 5.74) is 0.948. The maximum absolute atomic E-state index is 13.3. The van der Waals surface area contributed by atoms with Crippen molar-refractivity contribution in [2.24, 2.45) is 0 Å². The third-order valence-corrected chi connectivity index (χ3v) is 8.02. The second-order valence-electron chi connectivity index (χ2n) is 6.24. The minimum absolute atomic E-state index is 0.0503. The van der Waals surface area contributed by atoms with Gasteiger partial charge in [0.05, 0.1) is 25.7 Å². The van der Waals surface area contributed by atoms with Crippen molar-refractivity contribution in [2.75, 3.05) is 24.5 Å². The van der Waals surface area contributed by atoms with Crippen LogP contribution < -0.4 is 4.90 Å². The molecule has 0 unspecified atom stereocenters. The fraction of sp³-hybridized carbons (Fsp3) is 0.300. The van der Waals surface area contributed by atoms with E-state index in [-0.39, 0.29) is 21.4 Å². The van der Waals surface area contributed by atoms with Gasteiger partial charge in [0.25, 0.3) is 5.91 Å². The Morgan fingerprint density at radius 2 is 1.76 bits per heavy atom. The van der Waals surface area contributed by atoms with Gasteiger partial charge in [-0.25, -0.2) is 13.4 Å². The van der Waals surface area contributed by atoms with Crippen LogP contribution in [0.15, 0.2) is 47.4 Å². The number of hydrogen-bond acceptors (Lipinski definition) is 5. The number of carbonyl (C=O) groups excluding carboxylic acids is 1. The number of halogens is 1. The topological polar surface area (TPSA) is 70.6 Å². The van der Waals surface area contributed by atoms with Crippen LogP contribution in [0.2, 0.25) is 5.02 Å². The van der Waals surface area contributed by atoms with Gasteiger partial charge in [0, 0.05) is 19.6 Å². The normalized spacial score (nSPS) is 11.9. The van der Waals surface area contributed by atoms with Crippen LogP contribution in [0.3, 0.4) is 0 Å². The Hall–Kier alpha value is -2.00. The molecule has 0 fully saturated rings. The van der Waals surface area contributed by atoms with E-state index in [1.165, 1.54) is 38.7 Å². The maximum Gasteiger partial charge on any atom is 0.261 e. The number of benzene rings is 2. The number of aromatic nitrogens is 1. The van der Waals surface area contributed by atoms with Crippen LogP contribution >= 0.6 is 22.9 Å². The third-order valence-electron chi connectivity index (χ3n) is 4.59. The van der Waals surface area contributed by atoms with Gasteiger partial charge >= 0.3 is 0 Å². The number of sulfonamides is 1. The molecule has 0 atom stereocenters. The zero-order valence-corrected chi connectivity index (χ0v) is 18.8. The van der Waals surface area contributed by atoms with E-state index in [0.717, 1.165) is 10.2 Å². The number of hydrogen-bond donors (Lipinski definition) is 0. The SMILES string of the molecule is CCN(C(=O)c1cc(S(=O)(=O)N(CC)CC)ccc1Cl)c1nc2ccccc2s1. The van der Waals surface area contributed by atoms with Crippen molar-refractivity contribution in [2.45, 2.75) is 25.7 Å². The summed E-state index contributed by atoms with van der Waals surface area (Å²) in [7, 11) is -3.70. The Balaban J connectivity index is 2.03. The molecule has 0 aliphatic heterocycles. The summed E-state index contributed by atoms with van der Waals surface area (Å²) in [5, 5.41) is 0.750. The molecule has 1 heterocycles. The molecule has 0 saturated heterocycles. The van der Waals surface area contributed by atoms with Crippen LogP contribution in [-0.4, -0.2) is 43.2 Å². The molecule has 29 heavy (non-hydrogen) atoms. The van der Waals surface area contributed by atoms with Gasteiger partial charge in [-0.15, -0.1) is 0 Å². The van der Waals surface area contributed by atoms with Crippen molar-refractivity contribution in [3.8, 4) is 0 Å². The zero-order chi connectivity index (χ0) is 21.2. The highest BCUT2D eigenvalue weighted by Gasteiger charge is 2.26. The largest absolute Gasteiger partial charge is 0.284 e. The summed E-state index contributed by atoms with van der Waals surface area (Å²) in [4.78, 5) is 19.4. The van der Waals surface area contributed by atoms with Crippen LogP contribution in [0.1, 0.15) is 31.1 Å². The van der Waals surface area contributed by atoms with Gasteiger partial charge in [0.1, 0.15) is 0 Å². The molecule has 1 amide bonds. The Kier molecular flexibility index (Phi) is 6.58. The minimum Gasteiger partial charge on any atom is -0.284 e. The monoisotopic (exact) mass is 451 g/mol. The number of anilines is 1. The summed E-state index contributed by atoms with van der Waals surface area (Å²) in [5.74, 6) is -0.381. The maximum atomic E-state index is 13.3. The predicted molar refractivity (Wildman–Crippen MR) is 119 cm³/mol. The van der Waals surface area contributed by atoms with Crippen LogP contribution in [-0.2, 0) is 10.0 Å². The number of fused-ring (bicyclic) bond motifs is 1. The first-order chi connectivity index (χ1) is 13.8. The minimum atomic E-state index is -3.70. The molecule has 3 rings (SSSR count). The van der Waals surface area contributed by atoms with Gasteiger partial charge in [-0.1, -0.05) is 48.9 Å². The average molecular weight is 452 g/mol. The Bertz CT molecular complexity index is 1110. The molecule has 0 aliphatic rings. The van der Waals surface area contributed by atoms with E-state index < -0.39 is 10.0 Å². The number of rotatable bonds is 7. The van der Waals surface area contributed by atoms with Crippen LogP contribution in [0.4, 0.5) is 5.13 Å². The van der Waals surface area contributed by atoms with Crippen molar-refractivity contribution in [3.05, 3.63) is 53.1 Å². The van der Waals surface area contributed by atoms with Crippen molar-refractivity contribution in [3.63, 3.8) is 0 Å². The standard InChI is InChI=1S/C20H22ClN3O3S2/c1-4-23(5-2)29(26,27)14-11-12-16(21)15(13-14)19(25)24(6-3)20-22-17-9-7-8-10-18(17)28-20/h7-13H,4-6H2,1-3H3. The van der Waals surface area contributed by atoms with Crippen LogP contribution in [0, 0.1) is 0 Å². The molecular formula is C20H22ClN3O3S2. The fourth-order valence-electron chi connectivity index (χ4n) is 3.03. The van der Waals surface area contributed by atoms with E-state index in [4.69, 9.17) is 11.6 Å². The number of carbonyl (C=O) groups is 1. The molecule has 0 spiro atoms. The molecule has 2 aromatic carbocycles. The Morgan fingerprint density at radius 1 is 1.07 bits per heavy atom. The average Bonchev–Trinajstić information content (AvgIpc) is 3.13. The first kappa shape index (κ1) is 21.7. The molecule has 0 N–H and O–H groups in total. The lowest BCUT2D eigenvalue weighted by molar-refractivity contribution is 0.0988. The molecule has 0 bridgehead atoms. The summed E-state index contributed by atoms with van der Waals surface area (Å²) >= 11 is 7.69. The van der Waals surface area contributed by atoms with Gasteiger partial charge in [-0.05, 0) is 37.3 Å². The lowest BCUT2D eigenvalue weighted by Crippen LogP contribution is -2.32. The van der Waals surface area contributed by atoms with Crippen LogP contribution in [0.25, 0.3) is 10.2 Å². The Morgan fingerprint density at radius 3 is 2.38 bits per heavy atom. The van der Waals surface area contributed by atoms with Crippen molar-refractivity contribution < 1.29 is 13.2 Å². The van der Waals surface area contributed by atoms with Gasteiger partial charge in [-0.2, -0.15) is 4.31 Å². The van der Waals surface area contributed by atoms with E-state index in [1.807, 2.05) is 31.2 Å². The highest BCUT2D eigenvalue weighted by molar-refractivity contribution is 7.89. The van der Waals surface area contributed by atoms with Gasteiger partial charge in [0.15, 0.2) is 5.13 Å². The quantitative estimate of drug-likeness (QED) is 0.524. The molecular weight excluding hydrogens is 430 g/mol. The van der Waals surface area contributed by atoms with Crippen molar-refractivity contribution >= 4 is 54.2 Å². The van der Waals surface area contributed by atoms with Crippen molar-refractivity contribution in [1.82, 2.24) is 9.29 Å². The van der Waals surface area contributed by atoms with E-state index in [0.29, 0.717) is 24.8 Å². The first-order valence-electron chi connectivity index (χ1n) is 9.30. The second kappa shape index (κ2) is 8.79. The second-order valence-corrected chi connectivity index (χ2v) is 9.60. The van der Waals surface area contributed by atoms with Crippen molar-refractivity contribution in [1.29, 1.82) is 0 Å². The number of para-hydroxylation sites is 1. The molecule has 0 radical (unpaired) electrons. The van der Waals surface area contributed by atoms with Gasteiger partial charge < -0.3 is 0 Å². The molecule has 6 nitrogen and oxygen atoms in total. The summed E-state index contributed by atoms with van der Waals surface area (Å²) in [6.07, 6.45) is 0. The highest BCUT2D eigenvalue weighted by atomic mass is 35.5. The zero-order valence-electron chi connectivity index (χ0n) is 16.4. The third kappa shape index (κ3) is 4.16. The summed E-state index contributed by atoms with van der Waals surface area (Å²) in [6.45, 7) is 6.45. The first-order valence-corrected chi connectivity index (χ1v) is 11.9. The number of thiazole rings is 1. The molecule has 9 heteroatoms. The smallest absolute Gasteiger partial charge is 0.261 e. The highest BCUT2D eigenvalue weighted by Crippen LogP contribution is 2.31. The van der Waals surface area contributed by atoms with E-state index >= 15 is 0 Å². The number of nitrogens with zero attached hydrogens (tertiary/aromatic N) is 3. The summed E-state index contributed by atoms with van der Waals surface area (Å²) < 4.78 is 28.0. The van der Waals surface area contributed by atoms with Gasteiger partial charge in [0.2, 0.25) is 10.0 Å².